The van der Waals surface area contributed by atoms with Gasteiger partial charge in [0.2, 0.25) is 15.9 Å². The average molecular weight is 508 g/mol. The van der Waals surface area contributed by atoms with E-state index in [-0.39, 0.29) is 36.2 Å². The fourth-order valence-corrected chi connectivity index (χ4v) is 6.52. The van der Waals surface area contributed by atoms with E-state index in [9.17, 15) is 18.0 Å². The minimum atomic E-state index is -3.73. The zero-order valence-corrected chi connectivity index (χ0v) is 20.3. The molecule has 6 rings (SSSR count). The largest absolute Gasteiger partial charge is 0.486 e. The molecule has 36 heavy (non-hydrogen) atoms. The van der Waals surface area contributed by atoms with Crippen molar-refractivity contribution in [2.75, 3.05) is 44.3 Å². The Hall–Kier alpha value is -3.47. The maximum absolute atomic E-state index is 13.3. The van der Waals surface area contributed by atoms with Crippen molar-refractivity contribution in [2.45, 2.75) is 17.4 Å². The second-order valence-electron chi connectivity index (χ2n) is 9.06. The van der Waals surface area contributed by atoms with E-state index in [4.69, 9.17) is 9.47 Å². The monoisotopic (exact) mass is 507 g/mol. The minimum absolute atomic E-state index is 0.0839. The molecule has 9 nitrogen and oxygen atoms in total. The Kier molecular flexibility index (Phi) is 5.66. The zero-order valence-electron chi connectivity index (χ0n) is 19.5. The summed E-state index contributed by atoms with van der Waals surface area (Å²) in [4.78, 5) is 29.5. The van der Waals surface area contributed by atoms with Gasteiger partial charge in [-0.05, 0) is 35.0 Å². The Bertz CT molecular complexity index is 1470. The van der Waals surface area contributed by atoms with Crippen LogP contribution in [0, 0.1) is 0 Å². The summed E-state index contributed by atoms with van der Waals surface area (Å²) in [5.41, 5.74) is 0.561. The van der Waals surface area contributed by atoms with E-state index in [1.165, 1.54) is 21.3 Å². The van der Waals surface area contributed by atoms with Crippen molar-refractivity contribution in [3.05, 3.63) is 60.7 Å². The van der Waals surface area contributed by atoms with Crippen LogP contribution in [-0.4, -0.2) is 74.9 Å². The number of hydrogen-bond donors (Lipinski definition) is 0. The summed E-state index contributed by atoms with van der Waals surface area (Å²) in [6.07, 6.45) is 0.0839. The van der Waals surface area contributed by atoms with E-state index in [0.29, 0.717) is 43.5 Å². The summed E-state index contributed by atoms with van der Waals surface area (Å²) < 4.78 is 38.9. The Morgan fingerprint density at radius 2 is 1.50 bits per heavy atom. The molecule has 1 atom stereocenters. The Balaban J connectivity index is 1.15. The lowest BCUT2D eigenvalue weighted by Crippen LogP contribution is -2.53. The molecule has 0 aliphatic carbocycles. The van der Waals surface area contributed by atoms with Crippen molar-refractivity contribution in [3.8, 4) is 11.5 Å². The van der Waals surface area contributed by atoms with Gasteiger partial charge in [0.05, 0.1) is 23.0 Å². The highest BCUT2D eigenvalue weighted by atomic mass is 32.2. The second kappa shape index (κ2) is 8.88. The van der Waals surface area contributed by atoms with Gasteiger partial charge in [0, 0.05) is 32.2 Å². The number of ether oxygens (including phenoxy) is 2. The molecule has 186 valence electrons. The van der Waals surface area contributed by atoms with Crippen molar-refractivity contribution >= 4 is 38.3 Å². The van der Waals surface area contributed by atoms with Gasteiger partial charge in [-0.1, -0.05) is 30.3 Å². The standard InChI is InChI=1S/C26H25N3O6S/c30-25-17-22(26(31)29(25)20-6-5-18-3-1-2-4-19(18)15-20)27-9-11-28(12-10-27)36(32,33)21-7-8-23-24(16-21)35-14-13-34-23/h1-8,15-16,22H,9-14,17H2. The van der Waals surface area contributed by atoms with Crippen LogP contribution in [0.2, 0.25) is 0 Å². The van der Waals surface area contributed by atoms with Gasteiger partial charge >= 0.3 is 0 Å². The first-order valence-electron chi connectivity index (χ1n) is 11.9. The van der Waals surface area contributed by atoms with Crippen LogP contribution < -0.4 is 14.4 Å². The summed E-state index contributed by atoms with van der Waals surface area (Å²) >= 11 is 0. The number of carbonyl (C=O) groups is 2. The van der Waals surface area contributed by atoms with Crippen LogP contribution in [0.3, 0.4) is 0 Å². The SMILES string of the molecule is O=C1CC(N2CCN(S(=O)(=O)c3ccc4c(c3)OCCO4)CC2)C(=O)N1c1ccc2ccccc2c1. The Morgan fingerprint density at radius 3 is 2.28 bits per heavy atom. The van der Waals surface area contributed by atoms with Gasteiger partial charge in [-0.3, -0.25) is 14.5 Å². The number of fused-ring (bicyclic) bond motifs is 2. The number of anilines is 1. The third kappa shape index (κ3) is 3.91. The fraction of sp³-hybridized carbons (Fsp3) is 0.308. The topological polar surface area (TPSA) is 96.5 Å². The minimum Gasteiger partial charge on any atom is -0.486 e. The number of hydrogen-bond acceptors (Lipinski definition) is 7. The molecular formula is C26H25N3O6S. The van der Waals surface area contributed by atoms with Crippen LogP contribution in [0.5, 0.6) is 11.5 Å². The highest BCUT2D eigenvalue weighted by Gasteiger charge is 2.44. The number of piperazine rings is 1. The lowest BCUT2D eigenvalue weighted by Gasteiger charge is -2.36. The van der Waals surface area contributed by atoms with Crippen molar-refractivity contribution < 1.29 is 27.5 Å². The molecule has 0 aromatic heterocycles. The second-order valence-corrected chi connectivity index (χ2v) is 11.0. The number of benzene rings is 3. The molecule has 0 spiro atoms. The molecule has 3 aromatic carbocycles. The molecule has 2 fully saturated rings. The van der Waals surface area contributed by atoms with Gasteiger partial charge in [0.15, 0.2) is 11.5 Å². The van der Waals surface area contributed by atoms with Crippen molar-refractivity contribution in [3.63, 3.8) is 0 Å². The van der Waals surface area contributed by atoms with Crippen LogP contribution in [0.15, 0.2) is 65.6 Å². The third-order valence-electron chi connectivity index (χ3n) is 6.98. The Labute approximate surface area is 208 Å². The number of rotatable bonds is 4. The highest BCUT2D eigenvalue weighted by molar-refractivity contribution is 7.89. The van der Waals surface area contributed by atoms with Gasteiger partial charge in [-0.15, -0.1) is 0 Å². The maximum atomic E-state index is 13.3. The van der Waals surface area contributed by atoms with Gasteiger partial charge in [0.25, 0.3) is 5.91 Å². The number of amides is 2. The summed E-state index contributed by atoms with van der Waals surface area (Å²) in [5, 5.41) is 1.99. The molecule has 3 aliphatic heterocycles. The number of imide groups is 1. The van der Waals surface area contributed by atoms with Gasteiger partial charge in [-0.2, -0.15) is 4.31 Å². The van der Waals surface area contributed by atoms with Crippen LogP contribution in [0.1, 0.15) is 6.42 Å². The van der Waals surface area contributed by atoms with E-state index in [1.807, 2.05) is 41.3 Å². The summed E-state index contributed by atoms with van der Waals surface area (Å²) in [7, 11) is -3.73. The zero-order chi connectivity index (χ0) is 24.9. The quantitative estimate of drug-likeness (QED) is 0.500. The van der Waals surface area contributed by atoms with Gasteiger partial charge in [-0.25, -0.2) is 13.3 Å². The molecular weight excluding hydrogens is 482 g/mol. The van der Waals surface area contributed by atoms with Gasteiger partial charge < -0.3 is 9.47 Å². The fourth-order valence-electron chi connectivity index (χ4n) is 5.08. The normalized spacial score (nSPS) is 21.3. The molecule has 0 N–H and O–H groups in total. The van der Waals surface area contributed by atoms with E-state index >= 15 is 0 Å². The predicted molar refractivity (Wildman–Crippen MR) is 133 cm³/mol. The van der Waals surface area contributed by atoms with E-state index in [1.54, 1.807) is 12.1 Å². The van der Waals surface area contributed by atoms with Crippen LogP contribution in [0.4, 0.5) is 5.69 Å². The van der Waals surface area contributed by atoms with E-state index < -0.39 is 16.1 Å². The molecule has 0 bridgehead atoms. The maximum Gasteiger partial charge on any atom is 0.251 e. The molecule has 3 aliphatic rings. The molecule has 1 unspecified atom stereocenters. The van der Waals surface area contributed by atoms with Crippen molar-refractivity contribution in [1.82, 2.24) is 9.21 Å². The highest BCUT2D eigenvalue weighted by Crippen LogP contribution is 2.34. The molecule has 2 saturated heterocycles. The molecule has 0 saturated carbocycles. The third-order valence-corrected chi connectivity index (χ3v) is 8.87. The summed E-state index contributed by atoms with van der Waals surface area (Å²) in [5.74, 6) is 0.445. The van der Waals surface area contributed by atoms with Crippen LogP contribution in [-0.2, 0) is 19.6 Å². The smallest absolute Gasteiger partial charge is 0.251 e. The molecule has 10 heteroatoms. The summed E-state index contributed by atoms with van der Waals surface area (Å²) in [6.45, 7) is 1.98. The predicted octanol–water partition coefficient (Wildman–Crippen LogP) is 2.25. The molecule has 2 amide bonds. The van der Waals surface area contributed by atoms with E-state index in [2.05, 4.69) is 0 Å². The number of carbonyl (C=O) groups excluding carboxylic acids is 2. The van der Waals surface area contributed by atoms with Crippen LogP contribution >= 0.6 is 0 Å². The van der Waals surface area contributed by atoms with Gasteiger partial charge in [0.1, 0.15) is 13.2 Å². The lowest BCUT2D eigenvalue weighted by molar-refractivity contribution is -0.123. The first-order chi connectivity index (χ1) is 17.4. The van der Waals surface area contributed by atoms with E-state index in [0.717, 1.165) is 10.8 Å². The number of nitrogens with zero attached hydrogens (tertiary/aromatic N) is 3. The molecule has 0 radical (unpaired) electrons. The summed E-state index contributed by atoms with van der Waals surface area (Å²) in [6, 6.07) is 17.4. The lowest BCUT2D eigenvalue weighted by atomic mass is 10.1. The number of sulfonamides is 1. The molecule has 3 aromatic rings. The Morgan fingerprint density at radius 1 is 0.778 bits per heavy atom. The first-order valence-corrected chi connectivity index (χ1v) is 13.4. The molecule has 3 heterocycles. The van der Waals surface area contributed by atoms with Crippen molar-refractivity contribution in [1.29, 1.82) is 0 Å². The van der Waals surface area contributed by atoms with Crippen molar-refractivity contribution in [2.24, 2.45) is 0 Å². The average Bonchev–Trinajstić information content (AvgIpc) is 3.21. The first kappa shape index (κ1) is 23.0. The van der Waals surface area contributed by atoms with Crippen LogP contribution in [0.25, 0.3) is 10.8 Å².